The molecule has 2 atom stereocenters. The number of carboxylic acids is 1. The van der Waals surface area contributed by atoms with Crippen molar-refractivity contribution in [1.82, 2.24) is 0 Å². The van der Waals surface area contributed by atoms with E-state index >= 15 is 0 Å². The van der Waals surface area contributed by atoms with E-state index in [1.165, 1.54) is 0 Å². The van der Waals surface area contributed by atoms with E-state index in [1.54, 1.807) is 0 Å². The fourth-order valence-electron chi connectivity index (χ4n) is 1.57. The van der Waals surface area contributed by atoms with Crippen LogP contribution in [-0.4, -0.2) is 27.8 Å². The average Bonchev–Trinajstić information content (AvgIpc) is 2.01. The molecule has 0 aromatic carbocycles. The summed E-state index contributed by atoms with van der Waals surface area (Å²) >= 11 is 0. The Bertz CT molecular complexity index is 272. The van der Waals surface area contributed by atoms with E-state index in [0.29, 0.717) is 6.42 Å². The third kappa shape index (κ3) is 1.59. The lowest BCUT2D eigenvalue weighted by molar-refractivity contribution is -0.148. The highest BCUT2D eigenvalue weighted by Crippen LogP contribution is 2.31. The van der Waals surface area contributed by atoms with Crippen molar-refractivity contribution in [3.63, 3.8) is 0 Å². The quantitative estimate of drug-likeness (QED) is 0.512. The van der Waals surface area contributed by atoms with Crippen molar-refractivity contribution in [2.45, 2.75) is 38.3 Å². The molecule has 4 N–H and O–H groups in total. The lowest BCUT2D eigenvalue weighted by Gasteiger charge is -2.35. The highest BCUT2D eigenvalue weighted by molar-refractivity contribution is 5.80. The number of rotatable bonds is 1. The maximum atomic E-state index is 10.8. The van der Waals surface area contributed by atoms with E-state index in [0.717, 1.165) is 11.1 Å². The first-order valence-corrected chi connectivity index (χ1v) is 4.23. The second-order valence-electron chi connectivity index (χ2n) is 3.80. The molecule has 0 aromatic rings. The first-order valence-electron chi connectivity index (χ1n) is 4.23. The average molecular weight is 185 g/mol. The standard InChI is InChI=1S/C9H15NO3/c1-5-3-7(11)9(10,8(12)13)4-6(5)2/h7,11H,3-4,10H2,1-2H3,(H,12,13). The summed E-state index contributed by atoms with van der Waals surface area (Å²) in [4.78, 5) is 10.8. The summed E-state index contributed by atoms with van der Waals surface area (Å²) in [7, 11) is 0. The zero-order valence-corrected chi connectivity index (χ0v) is 7.87. The van der Waals surface area contributed by atoms with Crippen molar-refractivity contribution in [3.8, 4) is 0 Å². The monoisotopic (exact) mass is 185 g/mol. The van der Waals surface area contributed by atoms with Gasteiger partial charge in [-0.25, -0.2) is 0 Å². The van der Waals surface area contributed by atoms with E-state index in [4.69, 9.17) is 10.8 Å². The molecular formula is C9H15NO3. The number of hydrogen-bond donors (Lipinski definition) is 3. The smallest absolute Gasteiger partial charge is 0.326 e. The van der Waals surface area contributed by atoms with Crippen molar-refractivity contribution >= 4 is 5.97 Å². The minimum absolute atomic E-state index is 0.231. The number of carbonyl (C=O) groups is 1. The van der Waals surface area contributed by atoms with Crippen molar-refractivity contribution in [2.75, 3.05) is 0 Å². The molecule has 0 aromatic heterocycles. The van der Waals surface area contributed by atoms with Crippen LogP contribution in [0.3, 0.4) is 0 Å². The fourth-order valence-corrected chi connectivity index (χ4v) is 1.57. The van der Waals surface area contributed by atoms with E-state index in [2.05, 4.69) is 0 Å². The van der Waals surface area contributed by atoms with Crippen LogP contribution in [0.5, 0.6) is 0 Å². The Labute approximate surface area is 77.1 Å². The van der Waals surface area contributed by atoms with Gasteiger partial charge < -0.3 is 15.9 Å². The van der Waals surface area contributed by atoms with E-state index in [-0.39, 0.29) is 6.42 Å². The highest BCUT2D eigenvalue weighted by atomic mass is 16.4. The van der Waals surface area contributed by atoms with Crippen molar-refractivity contribution < 1.29 is 15.0 Å². The number of carboxylic acid groups (broad SMARTS) is 1. The summed E-state index contributed by atoms with van der Waals surface area (Å²) in [5.74, 6) is -1.13. The van der Waals surface area contributed by atoms with Gasteiger partial charge in [0.1, 0.15) is 5.54 Å². The van der Waals surface area contributed by atoms with Gasteiger partial charge in [0.25, 0.3) is 0 Å². The zero-order valence-electron chi connectivity index (χ0n) is 7.87. The molecule has 0 bridgehead atoms. The third-order valence-electron chi connectivity index (χ3n) is 2.78. The lowest BCUT2D eigenvalue weighted by Crippen LogP contribution is -2.59. The normalized spacial score (nSPS) is 34.9. The summed E-state index contributed by atoms with van der Waals surface area (Å²) in [6.07, 6.45) is -0.391. The lowest BCUT2D eigenvalue weighted by atomic mass is 9.77. The van der Waals surface area contributed by atoms with Crippen LogP contribution in [0.4, 0.5) is 0 Å². The van der Waals surface area contributed by atoms with Gasteiger partial charge in [0.05, 0.1) is 6.10 Å². The predicted molar refractivity (Wildman–Crippen MR) is 48.2 cm³/mol. The molecule has 0 amide bonds. The fraction of sp³-hybridized carbons (Fsp3) is 0.667. The Balaban J connectivity index is 2.99. The van der Waals surface area contributed by atoms with Crippen LogP contribution in [0.15, 0.2) is 11.1 Å². The first kappa shape index (κ1) is 10.2. The van der Waals surface area contributed by atoms with Gasteiger partial charge in [-0.1, -0.05) is 11.1 Å². The van der Waals surface area contributed by atoms with Gasteiger partial charge in [0.2, 0.25) is 0 Å². The molecule has 0 saturated carbocycles. The molecule has 0 radical (unpaired) electrons. The number of nitrogens with two attached hydrogens (primary N) is 1. The summed E-state index contributed by atoms with van der Waals surface area (Å²) in [6.45, 7) is 3.74. The molecule has 2 unspecified atom stereocenters. The molecule has 1 aliphatic rings. The van der Waals surface area contributed by atoms with Crippen LogP contribution in [0, 0.1) is 0 Å². The Morgan fingerprint density at radius 1 is 1.54 bits per heavy atom. The minimum atomic E-state index is -1.50. The van der Waals surface area contributed by atoms with Crippen molar-refractivity contribution in [1.29, 1.82) is 0 Å². The van der Waals surface area contributed by atoms with Crippen LogP contribution in [-0.2, 0) is 4.79 Å². The predicted octanol–water partition coefficient (Wildman–Crippen LogP) is 0.260. The van der Waals surface area contributed by atoms with Gasteiger partial charge in [0, 0.05) is 0 Å². The molecule has 0 spiro atoms. The van der Waals surface area contributed by atoms with E-state index in [9.17, 15) is 9.90 Å². The molecule has 0 fully saturated rings. The van der Waals surface area contributed by atoms with Crippen LogP contribution in [0.2, 0.25) is 0 Å². The van der Waals surface area contributed by atoms with E-state index < -0.39 is 17.6 Å². The molecule has 1 aliphatic carbocycles. The van der Waals surface area contributed by atoms with Crippen molar-refractivity contribution in [2.24, 2.45) is 5.73 Å². The van der Waals surface area contributed by atoms with Gasteiger partial charge in [-0.2, -0.15) is 0 Å². The highest BCUT2D eigenvalue weighted by Gasteiger charge is 2.44. The molecule has 0 aliphatic heterocycles. The zero-order chi connectivity index (χ0) is 10.2. The third-order valence-corrected chi connectivity index (χ3v) is 2.78. The Hall–Kier alpha value is -0.870. The maximum absolute atomic E-state index is 10.8. The first-order chi connectivity index (χ1) is 5.88. The number of aliphatic hydroxyl groups excluding tert-OH is 1. The topological polar surface area (TPSA) is 83.6 Å². The number of aliphatic hydroxyl groups is 1. The van der Waals surface area contributed by atoms with E-state index in [1.807, 2.05) is 13.8 Å². The molecule has 74 valence electrons. The number of aliphatic carboxylic acids is 1. The summed E-state index contributed by atoms with van der Waals surface area (Å²) in [6, 6.07) is 0. The molecule has 1 rings (SSSR count). The SMILES string of the molecule is CC1=C(C)CC(N)(C(=O)O)C(O)C1. The van der Waals surface area contributed by atoms with Crippen LogP contribution in [0.1, 0.15) is 26.7 Å². The van der Waals surface area contributed by atoms with Gasteiger partial charge in [-0.05, 0) is 26.7 Å². The van der Waals surface area contributed by atoms with Gasteiger partial charge in [-0.15, -0.1) is 0 Å². The molecule has 4 heteroatoms. The minimum Gasteiger partial charge on any atom is -0.480 e. The number of hydrogen-bond acceptors (Lipinski definition) is 3. The van der Waals surface area contributed by atoms with Crippen molar-refractivity contribution in [3.05, 3.63) is 11.1 Å². The summed E-state index contributed by atoms with van der Waals surface area (Å²) in [5, 5.41) is 18.4. The molecular weight excluding hydrogens is 170 g/mol. The largest absolute Gasteiger partial charge is 0.480 e. The molecule has 0 saturated heterocycles. The second kappa shape index (κ2) is 3.12. The molecule has 0 heterocycles. The Kier molecular flexibility index (Phi) is 2.45. The maximum Gasteiger partial charge on any atom is 0.326 e. The summed E-state index contributed by atoms with van der Waals surface area (Å²) in [5.41, 5.74) is 6.12. The Morgan fingerprint density at radius 2 is 2.08 bits per heavy atom. The second-order valence-corrected chi connectivity index (χ2v) is 3.80. The van der Waals surface area contributed by atoms with Gasteiger partial charge >= 0.3 is 5.97 Å². The van der Waals surface area contributed by atoms with Crippen LogP contribution in [0.25, 0.3) is 0 Å². The summed E-state index contributed by atoms with van der Waals surface area (Å²) < 4.78 is 0. The van der Waals surface area contributed by atoms with Gasteiger partial charge in [0.15, 0.2) is 0 Å². The van der Waals surface area contributed by atoms with Crippen LogP contribution >= 0.6 is 0 Å². The Morgan fingerprint density at radius 3 is 2.54 bits per heavy atom. The van der Waals surface area contributed by atoms with Crippen LogP contribution < -0.4 is 5.73 Å². The van der Waals surface area contributed by atoms with Gasteiger partial charge in [-0.3, -0.25) is 4.79 Å². The molecule has 4 nitrogen and oxygen atoms in total. The molecule has 13 heavy (non-hydrogen) atoms.